The van der Waals surface area contributed by atoms with E-state index in [2.05, 4.69) is 9.97 Å². The highest BCUT2D eigenvalue weighted by Gasteiger charge is 2.26. The van der Waals surface area contributed by atoms with E-state index in [1.165, 1.54) is 4.31 Å². The Morgan fingerprint density at radius 2 is 1.19 bits per heavy atom. The number of rotatable bonds is 5. The Balaban J connectivity index is 1.55. The van der Waals surface area contributed by atoms with Gasteiger partial charge in [0.15, 0.2) is 0 Å². The van der Waals surface area contributed by atoms with Crippen LogP contribution in [0, 0.1) is 0 Å². The molecule has 0 aliphatic heterocycles. The van der Waals surface area contributed by atoms with Crippen LogP contribution in [0.3, 0.4) is 0 Å². The van der Waals surface area contributed by atoms with Gasteiger partial charge in [-0.1, -0.05) is 48.5 Å². The van der Waals surface area contributed by atoms with E-state index in [4.69, 9.17) is 0 Å². The summed E-state index contributed by atoms with van der Waals surface area (Å²) in [5.74, 6) is 0.702. The second kappa shape index (κ2) is 7.74. The standard InChI is InChI=1S/C25H19N3O2S/c29-31(30,28(20-9-3-1-4-10-20)21-11-5-2-6-12-21)22-17-15-19(16-18-22)25-26-23-13-7-8-14-24(23)27-25/h1-18H,(H,26,27). The third kappa shape index (κ3) is 3.58. The first-order valence-electron chi connectivity index (χ1n) is 9.83. The van der Waals surface area contributed by atoms with Gasteiger partial charge in [-0.15, -0.1) is 0 Å². The second-order valence-electron chi connectivity index (χ2n) is 7.07. The molecule has 0 atom stereocenters. The number of fused-ring (bicyclic) bond motifs is 1. The molecule has 0 saturated heterocycles. The topological polar surface area (TPSA) is 66.1 Å². The highest BCUT2D eigenvalue weighted by molar-refractivity contribution is 7.93. The van der Waals surface area contributed by atoms with Gasteiger partial charge in [-0.05, 0) is 60.7 Å². The molecule has 31 heavy (non-hydrogen) atoms. The smallest absolute Gasteiger partial charge is 0.268 e. The molecule has 6 heteroatoms. The molecule has 0 spiro atoms. The number of imidazole rings is 1. The van der Waals surface area contributed by atoms with Crippen molar-refractivity contribution in [3.8, 4) is 11.4 Å². The molecule has 0 aliphatic carbocycles. The van der Waals surface area contributed by atoms with E-state index in [0.29, 0.717) is 17.2 Å². The lowest BCUT2D eigenvalue weighted by Gasteiger charge is -2.24. The maximum atomic E-state index is 13.6. The molecule has 5 aromatic rings. The van der Waals surface area contributed by atoms with Gasteiger partial charge < -0.3 is 4.98 Å². The SMILES string of the molecule is O=S(=O)(c1ccc(-c2nc3ccccc3[nH]2)cc1)N(c1ccccc1)c1ccccc1. The highest BCUT2D eigenvalue weighted by Crippen LogP contribution is 2.32. The van der Waals surface area contributed by atoms with E-state index >= 15 is 0 Å². The van der Waals surface area contributed by atoms with Gasteiger partial charge in [-0.3, -0.25) is 0 Å². The Labute approximate surface area is 180 Å². The van der Waals surface area contributed by atoms with Crippen molar-refractivity contribution in [2.24, 2.45) is 0 Å². The summed E-state index contributed by atoms with van der Waals surface area (Å²) in [6.45, 7) is 0. The molecule has 0 amide bonds. The average molecular weight is 426 g/mol. The number of benzene rings is 4. The van der Waals surface area contributed by atoms with Crippen molar-refractivity contribution >= 4 is 32.4 Å². The molecule has 1 heterocycles. The van der Waals surface area contributed by atoms with Gasteiger partial charge in [0.25, 0.3) is 10.0 Å². The Kier molecular flexibility index (Phi) is 4.76. The zero-order valence-corrected chi connectivity index (χ0v) is 17.3. The van der Waals surface area contributed by atoms with Crippen LogP contribution in [0.2, 0.25) is 0 Å². The van der Waals surface area contributed by atoms with Crippen molar-refractivity contribution in [1.29, 1.82) is 0 Å². The summed E-state index contributed by atoms with van der Waals surface area (Å²) in [5, 5.41) is 0. The second-order valence-corrected chi connectivity index (χ2v) is 8.85. The number of H-pyrrole nitrogens is 1. The van der Waals surface area contributed by atoms with Gasteiger partial charge in [0.1, 0.15) is 5.82 Å². The van der Waals surface area contributed by atoms with Crippen molar-refractivity contribution in [3.63, 3.8) is 0 Å². The number of para-hydroxylation sites is 4. The molecular formula is C25H19N3O2S. The fourth-order valence-corrected chi connectivity index (χ4v) is 5.02. The Morgan fingerprint density at radius 1 is 0.645 bits per heavy atom. The number of hydrogen-bond acceptors (Lipinski definition) is 3. The first-order chi connectivity index (χ1) is 15.1. The van der Waals surface area contributed by atoms with Crippen LogP contribution < -0.4 is 4.31 Å². The molecule has 0 saturated carbocycles. The van der Waals surface area contributed by atoms with Crippen LogP contribution in [-0.2, 0) is 10.0 Å². The quantitative estimate of drug-likeness (QED) is 0.389. The maximum absolute atomic E-state index is 13.6. The molecule has 1 N–H and O–H groups in total. The fourth-order valence-electron chi connectivity index (χ4n) is 3.53. The summed E-state index contributed by atoms with van der Waals surface area (Å²) in [6, 6.07) is 32.7. The first kappa shape index (κ1) is 19.1. The molecule has 0 radical (unpaired) electrons. The van der Waals surface area contributed by atoms with E-state index in [9.17, 15) is 8.42 Å². The zero-order chi connectivity index (χ0) is 21.3. The number of aromatic nitrogens is 2. The summed E-state index contributed by atoms with van der Waals surface area (Å²) < 4.78 is 28.6. The molecule has 0 bridgehead atoms. The number of nitrogens with zero attached hydrogens (tertiary/aromatic N) is 2. The number of hydrogen-bond donors (Lipinski definition) is 1. The van der Waals surface area contributed by atoms with Crippen LogP contribution in [0.1, 0.15) is 0 Å². The van der Waals surface area contributed by atoms with Gasteiger partial charge in [0, 0.05) is 5.56 Å². The van der Waals surface area contributed by atoms with Crippen molar-refractivity contribution in [1.82, 2.24) is 9.97 Å². The average Bonchev–Trinajstić information content (AvgIpc) is 3.25. The summed E-state index contributed by atoms with van der Waals surface area (Å²) in [7, 11) is -3.83. The van der Waals surface area contributed by atoms with E-state index < -0.39 is 10.0 Å². The third-order valence-electron chi connectivity index (χ3n) is 5.04. The Hall–Kier alpha value is -3.90. The molecule has 5 nitrogen and oxygen atoms in total. The molecule has 0 unspecified atom stereocenters. The molecule has 0 aliphatic rings. The first-order valence-corrected chi connectivity index (χ1v) is 11.3. The minimum absolute atomic E-state index is 0.208. The van der Waals surface area contributed by atoms with Gasteiger partial charge in [0.2, 0.25) is 0 Å². The normalized spacial score (nSPS) is 11.5. The summed E-state index contributed by atoms with van der Waals surface area (Å²) in [5.41, 5.74) is 3.79. The van der Waals surface area contributed by atoms with Gasteiger partial charge in [0.05, 0.1) is 27.3 Å². The Morgan fingerprint density at radius 3 is 1.77 bits per heavy atom. The minimum Gasteiger partial charge on any atom is -0.338 e. The van der Waals surface area contributed by atoms with E-state index in [-0.39, 0.29) is 4.90 Å². The van der Waals surface area contributed by atoms with E-state index in [0.717, 1.165) is 16.6 Å². The minimum atomic E-state index is -3.83. The van der Waals surface area contributed by atoms with Crippen molar-refractivity contribution in [3.05, 3.63) is 109 Å². The molecule has 152 valence electrons. The lowest BCUT2D eigenvalue weighted by Crippen LogP contribution is -2.26. The van der Waals surface area contributed by atoms with Crippen LogP contribution in [0.15, 0.2) is 114 Å². The zero-order valence-electron chi connectivity index (χ0n) is 16.5. The number of aromatic amines is 1. The van der Waals surface area contributed by atoms with Crippen LogP contribution in [0.25, 0.3) is 22.4 Å². The number of sulfonamides is 1. The van der Waals surface area contributed by atoms with Crippen molar-refractivity contribution in [2.45, 2.75) is 4.90 Å². The largest absolute Gasteiger partial charge is 0.338 e. The van der Waals surface area contributed by atoms with Crippen LogP contribution in [0.5, 0.6) is 0 Å². The molecule has 0 fully saturated rings. The van der Waals surface area contributed by atoms with Gasteiger partial charge in [-0.25, -0.2) is 17.7 Å². The van der Waals surface area contributed by atoms with E-state index in [1.807, 2.05) is 60.7 Å². The van der Waals surface area contributed by atoms with Crippen LogP contribution in [-0.4, -0.2) is 18.4 Å². The summed E-state index contributed by atoms with van der Waals surface area (Å²) in [4.78, 5) is 8.07. The number of nitrogens with one attached hydrogen (secondary N) is 1. The maximum Gasteiger partial charge on any atom is 0.268 e. The van der Waals surface area contributed by atoms with Crippen LogP contribution >= 0.6 is 0 Å². The van der Waals surface area contributed by atoms with Crippen molar-refractivity contribution in [2.75, 3.05) is 4.31 Å². The summed E-state index contributed by atoms with van der Waals surface area (Å²) in [6.07, 6.45) is 0. The Bertz CT molecular complexity index is 1360. The lowest BCUT2D eigenvalue weighted by molar-refractivity contribution is 0.596. The highest BCUT2D eigenvalue weighted by atomic mass is 32.2. The van der Waals surface area contributed by atoms with Gasteiger partial charge in [-0.2, -0.15) is 0 Å². The predicted octanol–water partition coefficient (Wildman–Crippen LogP) is 5.76. The van der Waals surface area contributed by atoms with Crippen molar-refractivity contribution < 1.29 is 8.42 Å². The predicted molar refractivity (Wildman–Crippen MR) is 124 cm³/mol. The van der Waals surface area contributed by atoms with Gasteiger partial charge >= 0.3 is 0 Å². The monoisotopic (exact) mass is 425 g/mol. The van der Waals surface area contributed by atoms with Crippen LogP contribution in [0.4, 0.5) is 11.4 Å². The lowest BCUT2D eigenvalue weighted by atomic mass is 10.2. The third-order valence-corrected chi connectivity index (χ3v) is 6.81. The van der Waals surface area contributed by atoms with E-state index in [1.54, 1.807) is 48.5 Å². The summed E-state index contributed by atoms with van der Waals surface area (Å²) >= 11 is 0. The number of anilines is 2. The molecule has 1 aromatic heterocycles. The molecule has 4 aromatic carbocycles. The fraction of sp³-hybridized carbons (Fsp3) is 0. The molecular weight excluding hydrogens is 406 g/mol. The molecule has 5 rings (SSSR count).